The van der Waals surface area contributed by atoms with E-state index in [0.29, 0.717) is 14.8 Å². The topological polar surface area (TPSA) is 102 Å². The van der Waals surface area contributed by atoms with Gasteiger partial charge in [-0.2, -0.15) is 0 Å². The maximum atomic E-state index is 12.4. The minimum Gasteiger partial charge on any atom is -0.507 e. The van der Waals surface area contributed by atoms with Crippen molar-refractivity contribution in [2.24, 2.45) is 0 Å². The van der Waals surface area contributed by atoms with Gasteiger partial charge in [0.2, 0.25) is 0 Å². The zero-order valence-corrected chi connectivity index (χ0v) is 15.1. The number of carbonyl (C=O) groups is 2. The number of hydrogen-bond acceptors (Lipinski definition) is 3. The number of amides is 1. The molecule has 0 fully saturated rings. The minimum atomic E-state index is -1.12. The number of aromatic nitrogens is 1. The van der Waals surface area contributed by atoms with Gasteiger partial charge < -0.3 is 20.5 Å². The normalized spacial score (nSPS) is 12.0. The van der Waals surface area contributed by atoms with Crippen molar-refractivity contribution in [3.8, 4) is 5.75 Å². The molecule has 0 saturated carbocycles. The van der Waals surface area contributed by atoms with E-state index in [4.69, 9.17) is 0 Å². The van der Waals surface area contributed by atoms with Crippen LogP contribution in [0.15, 0.2) is 48.5 Å². The first-order valence-electron chi connectivity index (χ1n) is 7.53. The van der Waals surface area contributed by atoms with E-state index in [1.54, 1.807) is 18.2 Å². The first kappa shape index (κ1) is 17.3. The molecule has 1 amide bonds. The fourth-order valence-electron chi connectivity index (χ4n) is 2.54. The van der Waals surface area contributed by atoms with Crippen LogP contribution in [0.5, 0.6) is 5.75 Å². The lowest BCUT2D eigenvalue weighted by Crippen LogP contribution is -2.42. The monoisotopic (exact) mass is 450 g/mol. The van der Waals surface area contributed by atoms with Crippen molar-refractivity contribution < 1.29 is 19.8 Å². The summed E-state index contributed by atoms with van der Waals surface area (Å²) in [4.78, 5) is 26.9. The zero-order chi connectivity index (χ0) is 18.0. The fraction of sp³-hybridized carbons (Fsp3) is 0.111. The molecule has 2 aromatic carbocycles. The number of aromatic hydroxyl groups is 1. The van der Waals surface area contributed by atoms with E-state index in [0.717, 1.165) is 10.9 Å². The van der Waals surface area contributed by atoms with Gasteiger partial charge in [-0.1, -0.05) is 24.3 Å². The summed E-state index contributed by atoms with van der Waals surface area (Å²) in [5.41, 5.74) is 1.84. The molecule has 0 aliphatic heterocycles. The summed E-state index contributed by atoms with van der Waals surface area (Å²) >= 11 is 1.97. The first-order valence-corrected chi connectivity index (χ1v) is 8.61. The molecular weight excluding hydrogens is 435 g/mol. The maximum Gasteiger partial charge on any atom is 0.326 e. The van der Waals surface area contributed by atoms with Crippen LogP contribution in [0.2, 0.25) is 0 Å². The van der Waals surface area contributed by atoms with Gasteiger partial charge in [-0.25, -0.2) is 4.79 Å². The van der Waals surface area contributed by atoms with Crippen LogP contribution in [0, 0.1) is 3.57 Å². The van der Waals surface area contributed by atoms with Crippen molar-refractivity contribution in [3.63, 3.8) is 0 Å². The van der Waals surface area contributed by atoms with E-state index in [-0.39, 0.29) is 12.2 Å². The molecule has 4 N–H and O–H groups in total. The van der Waals surface area contributed by atoms with Crippen molar-refractivity contribution in [2.45, 2.75) is 12.5 Å². The number of H-pyrrole nitrogens is 1. The lowest BCUT2D eigenvalue weighted by Gasteiger charge is -2.14. The van der Waals surface area contributed by atoms with E-state index in [9.17, 15) is 19.8 Å². The van der Waals surface area contributed by atoms with Crippen LogP contribution >= 0.6 is 22.6 Å². The summed E-state index contributed by atoms with van der Waals surface area (Å²) in [7, 11) is 0. The molecule has 0 bridgehead atoms. The maximum absolute atomic E-state index is 12.4. The molecule has 3 aromatic rings. The lowest BCUT2D eigenvalue weighted by molar-refractivity contribution is -0.139. The molecule has 6 nitrogen and oxygen atoms in total. The predicted molar refractivity (Wildman–Crippen MR) is 102 cm³/mol. The van der Waals surface area contributed by atoms with Gasteiger partial charge in [-0.15, -0.1) is 0 Å². The number of carbonyl (C=O) groups excluding carboxylic acids is 1. The number of halogens is 1. The Morgan fingerprint density at radius 1 is 1.16 bits per heavy atom. The van der Waals surface area contributed by atoms with E-state index < -0.39 is 17.9 Å². The molecule has 0 unspecified atom stereocenters. The molecule has 128 valence electrons. The highest BCUT2D eigenvalue weighted by atomic mass is 127. The number of hydrogen-bond donors (Lipinski definition) is 4. The van der Waals surface area contributed by atoms with E-state index in [1.807, 2.05) is 46.9 Å². The molecule has 1 heterocycles. The van der Waals surface area contributed by atoms with Gasteiger partial charge in [-0.05, 0) is 52.4 Å². The highest BCUT2D eigenvalue weighted by Crippen LogP contribution is 2.21. The third kappa shape index (κ3) is 3.93. The summed E-state index contributed by atoms with van der Waals surface area (Å²) in [5.74, 6) is -1.46. The molecule has 0 radical (unpaired) electrons. The van der Waals surface area contributed by atoms with Crippen molar-refractivity contribution in [3.05, 3.63) is 63.4 Å². The second-order valence-corrected chi connectivity index (χ2v) is 6.79. The van der Waals surface area contributed by atoms with Gasteiger partial charge in [0.25, 0.3) is 5.91 Å². The molecule has 1 aromatic heterocycles. The van der Waals surface area contributed by atoms with Crippen LogP contribution in [0.4, 0.5) is 0 Å². The number of phenols is 1. The highest BCUT2D eigenvalue weighted by molar-refractivity contribution is 14.1. The standard InChI is InChI=1S/C18H15IN2O4/c19-12-7-10(5-6-16(12)22)8-15(18(24)25)21-17(23)14-9-11-3-1-2-4-13(11)20-14/h1-7,9,15,20,22H,8H2,(H,21,23)(H,24,25)/t15-/m0/s1. The zero-order valence-electron chi connectivity index (χ0n) is 13.0. The van der Waals surface area contributed by atoms with Crippen LogP contribution in [0.25, 0.3) is 10.9 Å². The quantitative estimate of drug-likeness (QED) is 0.449. The number of fused-ring (bicyclic) bond motifs is 1. The largest absolute Gasteiger partial charge is 0.507 e. The summed E-state index contributed by atoms with van der Waals surface area (Å²) in [5, 5.41) is 22.4. The summed E-state index contributed by atoms with van der Waals surface area (Å²) in [6.07, 6.45) is 0.123. The Kier molecular flexibility index (Phi) is 4.93. The van der Waals surface area contributed by atoms with E-state index >= 15 is 0 Å². The number of phenolic OH excluding ortho intramolecular Hbond substituents is 1. The van der Waals surface area contributed by atoms with Crippen molar-refractivity contribution >= 4 is 45.4 Å². The number of nitrogens with one attached hydrogen (secondary N) is 2. The molecular formula is C18H15IN2O4. The highest BCUT2D eigenvalue weighted by Gasteiger charge is 2.22. The van der Waals surface area contributed by atoms with E-state index in [2.05, 4.69) is 10.3 Å². The second kappa shape index (κ2) is 7.14. The Labute approximate surface area is 157 Å². The lowest BCUT2D eigenvalue weighted by atomic mass is 10.1. The van der Waals surface area contributed by atoms with Gasteiger partial charge in [-0.3, -0.25) is 4.79 Å². The third-order valence-corrected chi connectivity index (χ3v) is 4.69. The van der Waals surface area contributed by atoms with Crippen LogP contribution in [0.1, 0.15) is 16.1 Å². The molecule has 3 rings (SSSR count). The first-order chi connectivity index (χ1) is 11.9. The third-order valence-electron chi connectivity index (χ3n) is 3.83. The van der Waals surface area contributed by atoms with Gasteiger partial charge in [0, 0.05) is 17.3 Å². The molecule has 7 heteroatoms. The Morgan fingerprint density at radius 3 is 2.60 bits per heavy atom. The van der Waals surface area contributed by atoms with Gasteiger partial charge >= 0.3 is 5.97 Å². The van der Waals surface area contributed by atoms with Gasteiger partial charge in [0.05, 0.1) is 3.57 Å². The van der Waals surface area contributed by atoms with Crippen molar-refractivity contribution in [2.75, 3.05) is 0 Å². The average molecular weight is 450 g/mol. The number of rotatable bonds is 5. The smallest absolute Gasteiger partial charge is 0.326 e. The van der Waals surface area contributed by atoms with Crippen LogP contribution in [-0.2, 0) is 11.2 Å². The number of para-hydroxylation sites is 1. The summed E-state index contributed by atoms with van der Waals surface area (Å²) in [6, 6.07) is 12.9. The van der Waals surface area contributed by atoms with Crippen LogP contribution in [-0.4, -0.2) is 33.1 Å². The van der Waals surface area contributed by atoms with Crippen LogP contribution < -0.4 is 5.32 Å². The Balaban J connectivity index is 1.77. The molecule has 1 atom stereocenters. The summed E-state index contributed by atoms with van der Waals surface area (Å²) in [6.45, 7) is 0. The Hall–Kier alpha value is -2.55. The SMILES string of the molecule is O=C(N[C@@H](Cc1ccc(O)c(I)c1)C(=O)O)c1cc2ccccc2[nH]1. The Morgan fingerprint density at radius 2 is 1.92 bits per heavy atom. The van der Waals surface area contributed by atoms with Gasteiger partial charge in [0.1, 0.15) is 17.5 Å². The van der Waals surface area contributed by atoms with Crippen molar-refractivity contribution in [1.29, 1.82) is 0 Å². The number of aliphatic carboxylic acids is 1. The van der Waals surface area contributed by atoms with Crippen molar-refractivity contribution in [1.82, 2.24) is 10.3 Å². The fourth-order valence-corrected chi connectivity index (χ4v) is 3.12. The Bertz CT molecular complexity index is 918. The number of aromatic amines is 1. The summed E-state index contributed by atoms with van der Waals surface area (Å²) < 4.78 is 0.626. The minimum absolute atomic E-state index is 0.123. The molecule has 25 heavy (non-hydrogen) atoms. The molecule has 0 aliphatic rings. The number of carboxylic acid groups (broad SMARTS) is 1. The van der Waals surface area contributed by atoms with E-state index in [1.165, 1.54) is 6.07 Å². The molecule has 0 saturated heterocycles. The number of benzene rings is 2. The average Bonchev–Trinajstić information content (AvgIpc) is 3.01. The van der Waals surface area contributed by atoms with Gasteiger partial charge in [0.15, 0.2) is 0 Å². The predicted octanol–water partition coefficient (Wildman–Crippen LogP) is 2.90. The molecule has 0 aliphatic carbocycles. The van der Waals surface area contributed by atoms with Crippen LogP contribution in [0.3, 0.4) is 0 Å². The number of carboxylic acids is 1. The molecule has 0 spiro atoms. The second-order valence-electron chi connectivity index (χ2n) is 5.62.